The normalized spacial score (nSPS) is 41.5. The highest BCUT2D eigenvalue weighted by atomic mass is 16.5. The Balaban J connectivity index is 1.62. The largest absolute Gasteiger partial charge is 0.380 e. The summed E-state index contributed by atoms with van der Waals surface area (Å²) in [7, 11) is 1.75. The van der Waals surface area contributed by atoms with Crippen LogP contribution in [0.1, 0.15) is 44.9 Å². The van der Waals surface area contributed by atoms with Gasteiger partial charge in [-0.1, -0.05) is 6.42 Å². The van der Waals surface area contributed by atoms with E-state index in [1.807, 2.05) is 0 Å². The molecule has 2 saturated carbocycles. The monoisotopic (exact) mass is 280 g/mol. The molecule has 3 rings (SSSR count). The molecular formula is C16H28N2O2. The molecule has 1 saturated heterocycles. The number of amides is 1. The second-order valence-corrected chi connectivity index (χ2v) is 6.98. The van der Waals surface area contributed by atoms with Crippen LogP contribution in [0.25, 0.3) is 0 Å². The average Bonchev–Trinajstić information content (AvgIpc) is 2.46. The smallest absolute Gasteiger partial charge is 0.225 e. The number of carbonyl (C=O) groups excluding carboxylic acids is 1. The van der Waals surface area contributed by atoms with Crippen LogP contribution in [-0.4, -0.2) is 43.2 Å². The van der Waals surface area contributed by atoms with E-state index >= 15 is 0 Å². The predicted octanol–water partition coefficient (Wildman–Crippen LogP) is 1.78. The minimum Gasteiger partial charge on any atom is -0.380 e. The number of fused-ring (bicyclic) bond motifs is 2. The standard InChI is InChI=1S/C16H28N2O2/c1-20-14-6-3-7-18(10-14)16(19)13-8-11-4-2-5-12(9-13)15(11)17/h11-15H,2-10,17H2,1H3. The summed E-state index contributed by atoms with van der Waals surface area (Å²) in [5, 5.41) is 0. The highest BCUT2D eigenvalue weighted by Gasteiger charge is 2.42. The molecule has 1 heterocycles. The van der Waals surface area contributed by atoms with Gasteiger partial charge in [0.15, 0.2) is 0 Å². The SMILES string of the molecule is COC1CCCN(C(=O)C2CC3CCCC(C2)C3N)C1. The van der Waals surface area contributed by atoms with E-state index in [1.165, 1.54) is 19.3 Å². The summed E-state index contributed by atoms with van der Waals surface area (Å²) in [6.07, 6.45) is 8.18. The molecule has 3 aliphatic rings. The van der Waals surface area contributed by atoms with Gasteiger partial charge in [-0.05, 0) is 50.4 Å². The van der Waals surface area contributed by atoms with E-state index in [9.17, 15) is 4.79 Å². The zero-order valence-corrected chi connectivity index (χ0v) is 12.6. The number of ether oxygens (including phenoxy) is 1. The number of nitrogens with zero attached hydrogens (tertiary/aromatic N) is 1. The highest BCUT2D eigenvalue weighted by Crippen LogP contribution is 2.42. The number of likely N-dealkylation sites (tertiary alicyclic amines) is 1. The quantitative estimate of drug-likeness (QED) is 0.839. The maximum atomic E-state index is 12.8. The Morgan fingerprint density at radius 2 is 1.85 bits per heavy atom. The summed E-state index contributed by atoms with van der Waals surface area (Å²) < 4.78 is 5.44. The molecule has 2 N–H and O–H groups in total. The molecule has 2 aliphatic carbocycles. The third kappa shape index (κ3) is 2.73. The lowest BCUT2D eigenvalue weighted by atomic mass is 9.65. The second kappa shape index (κ2) is 6.02. The van der Waals surface area contributed by atoms with Crippen molar-refractivity contribution in [1.82, 2.24) is 4.90 Å². The summed E-state index contributed by atoms with van der Waals surface area (Å²) in [5.41, 5.74) is 6.32. The van der Waals surface area contributed by atoms with Gasteiger partial charge in [-0.2, -0.15) is 0 Å². The summed E-state index contributed by atoms with van der Waals surface area (Å²) in [6, 6.07) is 0.348. The molecule has 3 atom stereocenters. The number of piperidine rings is 1. The molecule has 4 heteroatoms. The topological polar surface area (TPSA) is 55.6 Å². The van der Waals surface area contributed by atoms with Crippen molar-refractivity contribution in [3.8, 4) is 0 Å². The van der Waals surface area contributed by atoms with Gasteiger partial charge in [-0.25, -0.2) is 0 Å². The maximum absolute atomic E-state index is 12.8. The molecule has 1 amide bonds. The Hall–Kier alpha value is -0.610. The van der Waals surface area contributed by atoms with E-state index in [-0.39, 0.29) is 12.0 Å². The summed E-state index contributed by atoms with van der Waals surface area (Å²) in [5.74, 6) is 1.76. The van der Waals surface area contributed by atoms with Gasteiger partial charge in [0.2, 0.25) is 5.91 Å². The highest BCUT2D eigenvalue weighted by molar-refractivity contribution is 5.79. The van der Waals surface area contributed by atoms with Crippen LogP contribution >= 0.6 is 0 Å². The molecule has 0 radical (unpaired) electrons. The molecule has 4 nitrogen and oxygen atoms in total. The van der Waals surface area contributed by atoms with Gasteiger partial charge < -0.3 is 15.4 Å². The van der Waals surface area contributed by atoms with Crippen LogP contribution in [0.5, 0.6) is 0 Å². The molecule has 3 unspecified atom stereocenters. The molecule has 0 aromatic carbocycles. The molecule has 0 aromatic rings. The van der Waals surface area contributed by atoms with Gasteiger partial charge in [0.1, 0.15) is 0 Å². The Labute approximate surface area is 122 Å². The van der Waals surface area contributed by atoms with Crippen molar-refractivity contribution >= 4 is 5.91 Å². The molecule has 2 bridgehead atoms. The Bertz CT molecular complexity index is 346. The van der Waals surface area contributed by atoms with Crippen molar-refractivity contribution in [3.63, 3.8) is 0 Å². The van der Waals surface area contributed by atoms with Crippen LogP contribution in [0.15, 0.2) is 0 Å². The van der Waals surface area contributed by atoms with Gasteiger partial charge in [0.05, 0.1) is 6.10 Å². The Kier molecular flexibility index (Phi) is 4.32. The first kappa shape index (κ1) is 14.3. The van der Waals surface area contributed by atoms with Crippen molar-refractivity contribution in [2.75, 3.05) is 20.2 Å². The number of hydrogen-bond donors (Lipinski definition) is 1. The van der Waals surface area contributed by atoms with Gasteiger partial charge in [0, 0.05) is 32.2 Å². The maximum Gasteiger partial charge on any atom is 0.225 e. The van der Waals surface area contributed by atoms with Gasteiger partial charge in [-0.15, -0.1) is 0 Å². The number of nitrogens with two attached hydrogens (primary N) is 1. The molecule has 3 fully saturated rings. The van der Waals surface area contributed by atoms with Crippen molar-refractivity contribution in [2.45, 2.75) is 57.1 Å². The van der Waals surface area contributed by atoms with Crippen molar-refractivity contribution < 1.29 is 9.53 Å². The van der Waals surface area contributed by atoms with Crippen molar-refractivity contribution in [2.24, 2.45) is 23.5 Å². The van der Waals surface area contributed by atoms with Crippen LogP contribution in [0.4, 0.5) is 0 Å². The van der Waals surface area contributed by atoms with Crippen LogP contribution in [0.3, 0.4) is 0 Å². The zero-order valence-electron chi connectivity index (χ0n) is 12.6. The first-order valence-electron chi connectivity index (χ1n) is 8.26. The van der Waals surface area contributed by atoms with Crippen LogP contribution < -0.4 is 5.73 Å². The third-order valence-electron chi connectivity index (χ3n) is 5.79. The van der Waals surface area contributed by atoms with Crippen LogP contribution in [0, 0.1) is 17.8 Å². The van der Waals surface area contributed by atoms with E-state index in [0.29, 0.717) is 23.8 Å². The lowest BCUT2D eigenvalue weighted by Crippen LogP contribution is -2.51. The van der Waals surface area contributed by atoms with Crippen LogP contribution in [0.2, 0.25) is 0 Å². The van der Waals surface area contributed by atoms with Crippen molar-refractivity contribution in [1.29, 1.82) is 0 Å². The van der Waals surface area contributed by atoms with Gasteiger partial charge in [-0.3, -0.25) is 4.79 Å². The lowest BCUT2D eigenvalue weighted by Gasteiger charge is -2.45. The fourth-order valence-corrected chi connectivity index (χ4v) is 4.58. The van der Waals surface area contributed by atoms with Crippen molar-refractivity contribution in [3.05, 3.63) is 0 Å². The number of rotatable bonds is 2. The fraction of sp³-hybridized carbons (Fsp3) is 0.938. The van der Waals surface area contributed by atoms with E-state index < -0.39 is 0 Å². The lowest BCUT2D eigenvalue weighted by molar-refractivity contribution is -0.142. The molecule has 0 spiro atoms. The minimum atomic E-state index is 0.223. The van der Waals surface area contributed by atoms with E-state index in [1.54, 1.807) is 7.11 Å². The third-order valence-corrected chi connectivity index (χ3v) is 5.79. The minimum absolute atomic E-state index is 0.223. The number of hydrogen-bond acceptors (Lipinski definition) is 3. The van der Waals surface area contributed by atoms with Crippen LogP contribution in [-0.2, 0) is 9.53 Å². The zero-order chi connectivity index (χ0) is 14.1. The Morgan fingerprint density at radius 3 is 2.50 bits per heavy atom. The number of carbonyl (C=O) groups is 1. The first-order valence-corrected chi connectivity index (χ1v) is 8.26. The van der Waals surface area contributed by atoms with Gasteiger partial charge >= 0.3 is 0 Å². The first-order chi connectivity index (χ1) is 9.69. The van der Waals surface area contributed by atoms with E-state index in [4.69, 9.17) is 10.5 Å². The fourth-order valence-electron chi connectivity index (χ4n) is 4.58. The summed E-state index contributed by atoms with van der Waals surface area (Å²) in [6.45, 7) is 1.70. The second-order valence-electron chi connectivity index (χ2n) is 6.98. The predicted molar refractivity (Wildman–Crippen MR) is 78.1 cm³/mol. The Morgan fingerprint density at radius 1 is 1.15 bits per heavy atom. The molecule has 0 aromatic heterocycles. The molecular weight excluding hydrogens is 252 g/mol. The molecule has 1 aliphatic heterocycles. The van der Waals surface area contributed by atoms with E-state index in [2.05, 4.69) is 4.90 Å². The average molecular weight is 280 g/mol. The van der Waals surface area contributed by atoms with E-state index in [0.717, 1.165) is 38.8 Å². The van der Waals surface area contributed by atoms with Gasteiger partial charge in [0.25, 0.3) is 0 Å². The summed E-state index contributed by atoms with van der Waals surface area (Å²) >= 11 is 0. The summed E-state index contributed by atoms with van der Waals surface area (Å²) in [4.78, 5) is 14.8. The number of methoxy groups -OCH3 is 1. The molecule has 20 heavy (non-hydrogen) atoms. The molecule has 114 valence electrons.